The van der Waals surface area contributed by atoms with Crippen LogP contribution in [0.2, 0.25) is 0 Å². The molecule has 1 aromatic rings. The molecule has 0 aliphatic carbocycles. The second-order valence-electron chi connectivity index (χ2n) is 5.73. The van der Waals surface area contributed by atoms with Crippen molar-refractivity contribution < 1.29 is 23.2 Å². The summed E-state index contributed by atoms with van der Waals surface area (Å²) >= 11 is 0. The number of nitrogens with zero attached hydrogens (tertiary/aromatic N) is 1. The molecular weight excluding hydrogens is 358 g/mol. The molecular formula is C17H25N3O5S. The van der Waals surface area contributed by atoms with E-state index in [1.807, 2.05) is 0 Å². The third kappa shape index (κ3) is 6.00. The lowest BCUT2D eigenvalue weighted by molar-refractivity contribution is -0.137. The highest BCUT2D eigenvalue weighted by Gasteiger charge is 2.31. The predicted molar refractivity (Wildman–Crippen MR) is 96.6 cm³/mol. The summed E-state index contributed by atoms with van der Waals surface area (Å²) in [5.41, 5.74) is 1.58. The normalized spacial score (nSPS) is 12.4. The van der Waals surface area contributed by atoms with Gasteiger partial charge in [-0.1, -0.05) is 26.7 Å². The molecule has 0 heterocycles. The van der Waals surface area contributed by atoms with Crippen LogP contribution in [0.4, 0.5) is 0 Å². The number of nitrogens with one attached hydrogen (secondary N) is 2. The first-order valence-corrected chi connectivity index (χ1v) is 9.60. The number of likely N-dealkylation sites (N-methyl/N-ethyl adjacent to an activating group) is 1. The van der Waals surface area contributed by atoms with Crippen LogP contribution >= 0.6 is 0 Å². The molecule has 0 fully saturated rings. The average Bonchev–Trinajstić information content (AvgIpc) is 2.61. The molecule has 8 nitrogen and oxygen atoms in total. The van der Waals surface area contributed by atoms with Gasteiger partial charge in [0.2, 0.25) is 0 Å². The number of amides is 1. The molecule has 0 spiro atoms. The van der Waals surface area contributed by atoms with E-state index in [1.54, 1.807) is 33.2 Å². The lowest BCUT2D eigenvalue weighted by Gasteiger charge is -2.31. The van der Waals surface area contributed by atoms with Gasteiger partial charge in [0.05, 0.1) is 4.90 Å². The minimum Gasteiger partial charge on any atom is -0.481 e. The van der Waals surface area contributed by atoms with Crippen molar-refractivity contribution in [2.75, 3.05) is 13.2 Å². The zero-order valence-corrected chi connectivity index (χ0v) is 16.1. The minimum absolute atomic E-state index is 0.0248. The fourth-order valence-electron chi connectivity index (χ4n) is 2.30. The van der Waals surface area contributed by atoms with Crippen LogP contribution in [-0.2, 0) is 14.8 Å². The van der Waals surface area contributed by atoms with Crippen molar-refractivity contribution in [1.29, 1.82) is 0 Å². The van der Waals surface area contributed by atoms with E-state index in [2.05, 4.69) is 16.7 Å². The molecule has 0 saturated heterocycles. The summed E-state index contributed by atoms with van der Waals surface area (Å²) in [7, 11) is -3.90. The highest BCUT2D eigenvalue weighted by Crippen LogP contribution is 2.17. The highest BCUT2D eigenvalue weighted by atomic mass is 32.2. The molecule has 0 aliphatic heterocycles. The van der Waals surface area contributed by atoms with Gasteiger partial charge >= 0.3 is 0 Å². The minimum atomic E-state index is -3.90. The molecule has 1 rings (SSSR count). The van der Waals surface area contributed by atoms with E-state index < -0.39 is 22.0 Å². The summed E-state index contributed by atoms with van der Waals surface area (Å²) in [6.07, 6.45) is 0. The average molecular weight is 383 g/mol. The summed E-state index contributed by atoms with van der Waals surface area (Å²) in [5, 5.41) is 10.2. The maximum atomic E-state index is 12.6. The first-order valence-electron chi connectivity index (χ1n) is 8.12. The fourth-order valence-corrected chi connectivity index (χ4v) is 3.45. The monoisotopic (exact) mass is 383 g/mol. The topological polar surface area (TPSA) is 108 Å². The molecule has 0 aromatic heterocycles. The van der Waals surface area contributed by atoms with E-state index in [1.165, 1.54) is 29.3 Å². The lowest BCUT2D eigenvalue weighted by atomic mass is 10.0. The van der Waals surface area contributed by atoms with Gasteiger partial charge in [-0.15, -0.1) is 10.8 Å². The number of sulfonamides is 1. The number of hydroxylamine groups is 1. The van der Waals surface area contributed by atoms with Crippen LogP contribution in [0.5, 0.6) is 5.75 Å². The van der Waals surface area contributed by atoms with Gasteiger partial charge in [0, 0.05) is 6.54 Å². The molecule has 3 N–H and O–H groups in total. The zero-order chi connectivity index (χ0) is 19.7. The van der Waals surface area contributed by atoms with Gasteiger partial charge in [0.1, 0.15) is 18.4 Å². The number of hydrogen-bond donors (Lipinski definition) is 3. The van der Waals surface area contributed by atoms with Crippen LogP contribution in [0, 0.1) is 17.8 Å². The highest BCUT2D eigenvalue weighted by molar-refractivity contribution is 7.89. The van der Waals surface area contributed by atoms with Crippen LogP contribution < -0.4 is 15.0 Å². The second-order valence-corrected chi connectivity index (χ2v) is 7.39. The van der Waals surface area contributed by atoms with Crippen molar-refractivity contribution in [2.24, 2.45) is 5.92 Å². The Morgan fingerprint density at radius 3 is 2.38 bits per heavy atom. The van der Waals surface area contributed by atoms with Crippen LogP contribution in [0.25, 0.3) is 0 Å². The number of carbonyl (C=O) groups is 1. The molecule has 1 atom stereocenters. The number of carbonyl (C=O) groups excluding carboxylic acids is 1. The Hall–Kier alpha value is -2.12. The summed E-state index contributed by atoms with van der Waals surface area (Å²) in [6, 6.07) is 5.00. The van der Waals surface area contributed by atoms with Gasteiger partial charge in [-0.25, -0.2) is 18.9 Å². The van der Waals surface area contributed by atoms with Crippen LogP contribution in [0.3, 0.4) is 0 Å². The number of hydrogen-bond acceptors (Lipinski definition) is 6. The molecule has 0 saturated carbocycles. The molecule has 0 radical (unpaired) electrons. The van der Waals surface area contributed by atoms with Crippen molar-refractivity contribution in [3.63, 3.8) is 0 Å². The Morgan fingerprint density at radius 2 is 1.92 bits per heavy atom. The lowest BCUT2D eigenvalue weighted by Crippen LogP contribution is -2.56. The van der Waals surface area contributed by atoms with E-state index in [0.29, 0.717) is 5.75 Å². The van der Waals surface area contributed by atoms with Gasteiger partial charge in [-0.3, -0.25) is 10.0 Å². The predicted octanol–water partition coefficient (Wildman–Crippen LogP) is 1.13. The van der Waals surface area contributed by atoms with Crippen molar-refractivity contribution in [3.8, 4) is 17.6 Å². The third-order valence-corrected chi connectivity index (χ3v) is 4.91. The Morgan fingerprint density at radius 1 is 1.31 bits per heavy atom. The number of ether oxygens (including phenoxy) is 1. The maximum Gasteiger partial charge on any atom is 0.262 e. The van der Waals surface area contributed by atoms with Gasteiger partial charge in [0.25, 0.3) is 15.9 Å². The number of benzene rings is 1. The fraction of sp³-hybridized carbons (Fsp3) is 0.471. The van der Waals surface area contributed by atoms with Gasteiger partial charge in [-0.2, -0.15) is 0 Å². The maximum absolute atomic E-state index is 12.6. The standard InChI is InChI=1S/C17H25N3O5S/c1-5-7-12-25-14-8-10-15(11-9-14)26(23,24)19-20(6-2)16(13(3)4)17(21)18-22/h8-11,13,16,19,22H,6,12H2,1-4H3,(H,18,21). The van der Waals surface area contributed by atoms with E-state index in [4.69, 9.17) is 9.94 Å². The Bertz CT molecular complexity index is 751. The van der Waals surface area contributed by atoms with Crippen molar-refractivity contribution in [1.82, 2.24) is 15.3 Å². The molecule has 0 aliphatic rings. The Balaban J connectivity index is 2.97. The molecule has 9 heteroatoms. The zero-order valence-electron chi connectivity index (χ0n) is 15.3. The van der Waals surface area contributed by atoms with E-state index >= 15 is 0 Å². The van der Waals surface area contributed by atoms with Crippen LogP contribution in [-0.4, -0.2) is 43.7 Å². The summed E-state index contributed by atoms with van der Waals surface area (Å²) < 4.78 is 30.6. The van der Waals surface area contributed by atoms with E-state index in [-0.39, 0.29) is 24.0 Å². The first-order chi connectivity index (χ1) is 12.3. The van der Waals surface area contributed by atoms with Gasteiger partial charge < -0.3 is 4.74 Å². The SMILES string of the molecule is CC#CCOc1ccc(S(=O)(=O)NN(CC)C(C(=O)NO)C(C)C)cc1. The van der Waals surface area contributed by atoms with Crippen molar-refractivity contribution in [3.05, 3.63) is 24.3 Å². The molecule has 1 unspecified atom stereocenters. The molecule has 26 heavy (non-hydrogen) atoms. The number of hydrazine groups is 1. The first kappa shape index (κ1) is 21.9. The molecule has 1 aromatic carbocycles. The molecule has 1 amide bonds. The van der Waals surface area contributed by atoms with E-state index in [9.17, 15) is 13.2 Å². The van der Waals surface area contributed by atoms with Crippen LogP contribution in [0.1, 0.15) is 27.7 Å². The van der Waals surface area contributed by atoms with Crippen molar-refractivity contribution in [2.45, 2.75) is 38.6 Å². The molecule has 0 bridgehead atoms. The Labute approximate surface area is 154 Å². The largest absolute Gasteiger partial charge is 0.481 e. The van der Waals surface area contributed by atoms with Gasteiger partial charge in [-0.05, 0) is 37.1 Å². The number of rotatable bonds is 9. The Kier molecular flexibility index (Phi) is 8.54. The summed E-state index contributed by atoms with van der Waals surface area (Å²) in [5.74, 6) is 5.02. The van der Waals surface area contributed by atoms with Crippen molar-refractivity contribution >= 4 is 15.9 Å². The van der Waals surface area contributed by atoms with Crippen LogP contribution in [0.15, 0.2) is 29.2 Å². The van der Waals surface area contributed by atoms with E-state index in [0.717, 1.165) is 0 Å². The quantitative estimate of drug-likeness (QED) is 0.335. The summed E-state index contributed by atoms with van der Waals surface area (Å²) in [6.45, 7) is 7.35. The van der Waals surface area contributed by atoms with Gasteiger partial charge in [0.15, 0.2) is 0 Å². The second kappa shape index (κ2) is 10.1. The summed E-state index contributed by atoms with van der Waals surface area (Å²) in [4.78, 5) is 14.3. The molecule has 144 valence electrons. The third-order valence-electron chi connectivity index (χ3n) is 3.55. The smallest absolute Gasteiger partial charge is 0.262 e.